The maximum Gasteiger partial charge on any atom is -0.00231 e. The van der Waals surface area contributed by atoms with Crippen LogP contribution in [0.2, 0.25) is 0 Å². The van der Waals surface area contributed by atoms with Crippen LogP contribution in [0.25, 0.3) is 0 Å². The number of rotatable bonds is 2. The quantitative estimate of drug-likeness (QED) is 0.463. The van der Waals surface area contributed by atoms with E-state index < -0.39 is 0 Å². The van der Waals surface area contributed by atoms with Crippen LogP contribution in [0.4, 0.5) is 0 Å². The first kappa shape index (κ1) is 4.89. The molecule has 1 aliphatic rings. The lowest BCUT2D eigenvalue weighted by atomic mass is 10.2. The summed E-state index contributed by atoms with van der Waals surface area (Å²) in [5, 5.41) is 0. The van der Waals surface area contributed by atoms with E-state index in [-0.39, 0.29) is 0 Å². The van der Waals surface area contributed by atoms with E-state index in [0.29, 0.717) is 0 Å². The van der Waals surface area contributed by atoms with Gasteiger partial charge in [0.05, 0.1) is 0 Å². The molecule has 0 saturated carbocycles. The van der Waals surface area contributed by atoms with Gasteiger partial charge in [0.1, 0.15) is 0 Å². The second-order valence-corrected chi connectivity index (χ2v) is 2.31. The van der Waals surface area contributed by atoms with Gasteiger partial charge in [-0.25, -0.2) is 0 Å². The molecule has 0 aromatic heterocycles. The average Bonchev–Trinajstić information content (AvgIpc) is 2.22. The standard InChI is InChI=1S/C7H12/c1-3-4-7-5-6(7)2/h5,7H,3-4H2,1-2H3. The Kier molecular flexibility index (Phi) is 1.18. The molecule has 0 amide bonds. The molecule has 0 aromatic carbocycles. The Labute approximate surface area is 45.2 Å². The molecule has 0 fully saturated rings. The third-order valence-electron chi connectivity index (χ3n) is 1.54. The maximum absolute atomic E-state index is 2.34. The van der Waals surface area contributed by atoms with E-state index >= 15 is 0 Å². The molecule has 7 heavy (non-hydrogen) atoms. The van der Waals surface area contributed by atoms with E-state index in [0.717, 1.165) is 5.92 Å². The van der Waals surface area contributed by atoms with Crippen LogP contribution in [0.15, 0.2) is 11.6 Å². The molecule has 0 bridgehead atoms. The first-order chi connectivity index (χ1) is 3.34. The highest BCUT2D eigenvalue weighted by atomic mass is 14.2. The van der Waals surface area contributed by atoms with Crippen LogP contribution >= 0.6 is 0 Å². The average molecular weight is 96.2 g/mol. The summed E-state index contributed by atoms with van der Waals surface area (Å²) in [6, 6.07) is 0. The summed E-state index contributed by atoms with van der Waals surface area (Å²) in [6.45, 7) is 4.44. The van der Waals surface area contributed by atoms with Crippen molar-refractivity contribution in [2.45, 2.75) is 26.7 Å². The van der Waals surface area contributed by atoms with E-state index in [4.69, 9.17) is 0 Å². The molecule has 1 atom stereocenters. The van der Waals surface area contributed by atoms with Gasteiger partial charge >= 0.3 is 0 Å². The van der Waals surface area contributed by atoms with E-state index in [1.807, 2.05) is 0 Å². The molecule has 1 aliphatic carbocycles. The smallest absolute Gasteiger partial charge is 0.00231 e. The molecule has 0 radical (unpaired) electrons. The highest BCUT2D eigenvalue weighted by molar-refractivity contribution is 5.25. The van der Waals surface area contributed by atoms with Gasteiger partial charge in [-0.05, 0) is 19.3 Å². The Balaban J connectivity index is 2.03. The molecule has 0 heterocycles. The summed E-state index contributed by atoms with van der Waals surface area (Å²) in [4.78, 5) is 0. The molecular formula is C7H12. The fourth-order valence-corrected chi connectivity index (χ4v) is 0.891. The van der Waals surface area contributed by atoms with Crippen molar-refractivity contribution in [2.75, 3.05) is 0 Å². The lowest BCUT2D eigenvalue weighted by Crippen LogP contribution is -1.75. The molecule has 0 heteroatoms. The van der Waals surface area contributed by atoms with E-state index in [9.17, 15) is 0 Å². The van der Waals surface area contributed by atoms with E-state index in [1.54, 1.807) is 5.57 Å². The first-order valence-corrected chi connectivity index (χ1v) is 3.03. The minimum absolute atomic E-state index is 0.907. The number of hydrogen-bond acceptors (Lipinski definition) is 0. The summed E-state index contributed by atoms with van der Waals surface area (Å²) in [5.74, 6) is 0.907. The van der Waals surface area contributed by atoms with Gasteiger partial charge in [0.25, 0.3) is 0 Å². The second-order valence-electron chi connectivity index (χ2n) is 2.31. The third kappa shape index (κ3) is 1.05. The monoisotopic (exact) mass is 96.1 g/mol. The third-order valence-corrected chi connectivity index (χ3v) is 1.54. The van der Waals surface area contributed by atoms with Crippen molar-refractivity contribution >= 4 is 0 Å². The molecule has 0 aliphatic heterocycles. The van der Waals surface area contributed by atoms with Crippen LogP contribution in [0.5, 0.6) is 0 Å². The predicted octanol–water partition coefficient (Wildman–Crippen LogP) is 2.36. The zero-order valence-electron chi connectivity index (χ0n) is 5.07. The number of hydrogen-bond donors (Lipinski definition) is 0. The lowest BCUT2D eigenvalue weighted by Gasteiger charge is -1.88. The fraction of sp³-hybridized carbons (Fsp3) is 0.714. The molecule has 0 spiro atoms. The van der Waals surface area contributed by atoms with Crippen LogP contribution in [0.3, 0.4) is 0 Å². The molecule has 1 rings (SSSR count). The van der Waals surface area contributed by atoms with Crippen LogP contribution in [0.1, 0.15) is 26.7 Å². The lowest BCUT2D eigenvalue weighted by molar-refractivity contribution is 0.735. The Morgan fingerprint density at radius 1 is 1.71 bits per heavy atom. The van der Waals surface area contributed by atoms with Gasteiger partial charge in [0.2, 0.25) is 0 Å². The molecule has 0 nitrogen and oxygen atoms in total. The predicted molar refractivity (Wildman–Crippen MR) is 32.2 cm³/mol. The first-order valence-electron chi connectivity index (χ1n) is 3.03. The molecule has 0 N–H and O–H groups in total. The summed E-state index contributed by atoms with van der Waals surface area (Å²) in [5.41, 5.74) is 1.60. The van der Waals surface area contributed by atoms with Crippen molar-refractivity contribution in [3.05, 3.63) is 11.6 Å². The SMILES string of the molecule is CCCC1C=C1C. The van der Waals surface area contributed by atoms with Crippen molar-refractivity contribution < 1.29 is 0 Å². The summed E-state index contributed by atoms with van der Waals surface area (Å²) >= 11 is 0. The normalized spacial score (nSPS) is 27.1. The topological polar surface area (TPSA) is 0 Å². The zero-order valence-corrected chi connectivity index (χ0v) is 5.07. The van der Waals surface area contributed by atoms with Crippen LogP contribution in [-0.2, 0) is 0 Å². The van der Waals surface area contributed by atoms with Gasteiger partial charge in [-0.3, -0.25) is 0 Å². The van der Waals surface area contributed by atoms with Gasteiger partial charge in [-0.2, -0.15) is 0 Å². The molecule has 40 valence electrons. The number of allylic oxidation sites excluding steroid dienone is 2. The van der Waals surface area contributed by atoms with Crippen molar-refractivity contribution in [3.8, 4) is 0 Å². The minimum atomic E-state index is 0.907. The maximum atomic E-state index is 2.34. The Hall–Kier alpha value is -0.260. The van der Waals surface area contributed by atoms with Gasteiger partial charge in [0, 0.05) is 0 Å². The minimum Gasteiger partial charge on any atom is -0.0778 e. The summed E-state index contributed by atoms with van der Waals surface area (Å²) < 4.78 is 0. The summed E-state index contributed by atoms with van der Waals surface area (Å²) in [6.07, 6.45) is 5.05. The largest absolute Gasteiger partial charge is 0.0778 e. The van der Waals surface area contributed by atoms with Crippen LogP contribution in [-0.4, -0.2) is 0 Å². The van der Waals surface area contributed by atoms with E-state index in [1.165, 1.54) is 12.8 Å². The van der Waals surface area contributed by atoms with Crippen molar-refractivity contribution in [3.63, 3.8) is 0 Å². The summed E-state index contributed by atoms with van der Waals surface area (Å²) in [7, 11) is 0. The zero-order chi connectivity index (χ0) is 5.28. The van der Waals surface area contributed by atoms with Gasteiger partial charge in [-0.15, -0.1) is 0 Å². The molecule has 0 saturated heterocycles. The van der Waals surface area contributed by atoms with Gasteiger partial charge in [-0.1, -0.05) is 25.0 Å². The molecular weight excluding hydrogens is 84.1 g/mol. The van der Waals surface area contributed by atoms with Crippen molar-refractivity contribution in [1.29, 1.82) is 0 Å². The van der Waals surface area contributed by atoms with E-state index in [2.05, 4.69) is 19.9 Å². The van der Waals surface area contributed by atoms with Crippen molar-refractivity contribution in [1.82, 2.24) is 0 Å². The second kappa shape index (κ2) is 1.69. The Morgan fingerprint density at radius 3 is 2.43 bits per heavy atom. The fourth-order valence-electron chi connectivity index (χ4n) is 0.891. The Bertz CT molecular complexity index is 90.2. The highest BCUT2D eigenvalue weighted by Crippen LogP contribution is 2.31. The van der Waals surface area contributed by atoms with Crippen molar-refractivity contribution in [2.24, 2.45) is 5.92 Å². The van der Waals surface area contributed by atoms with Gasteiger partial charge < -0.3 is 0 Å². The van der Waals surface area contributed by atoms with Crippen LogP contribution in [0, 0.1) is 5.92 Å². The Morgan fingerprint density at radius 2 is 2.29 bits per heavy atom. The van der Waals surface area contributed by atoms with Crippen LogP contribution < -0.4 is 0 Å². The molecule has 0 aromatic rings. The van der Waals surface area contributed by atoms with Gasteiger partial charge in [0.15, 0.2) is 0 Å². The molecule has 1 unspecified atom stereocenters. The highest BCUT2D eigenvalue weighted by Gasteiger charge is 2.17.